The quantitative estimate of drug-likeness (QED) is 0.428. The third-order valence-corrected chi connectivity index (χ3v) is 4.63. The Balaban J connectivity index is 1.73. The molecular weight excluding hydrogens is 396 g/mol. The van der Waals surface area contributed by atoms with Crippen LogP contribution in [-0.2, 0) is 0 Å². The van der Waals surface area contributed by atoms with Crippen molar-refractivity contribution >= 4 is 16.9 Å². The highest BCUT2D eigenvalue weighted by Gasteiger charge is 2.17. The molecular formula is C21H24N8O2. The number of rotatable bonds is 8. The van der Waals surface area contributed by atoms with Crippen molar-refractivity contribution in [3.8, 4) is 28.8 Å². The number of methoxy groups -OCH3 is 1. The van der Waals surface area contributed by atoms with E-state index in [0.717, 1.165) is 18.4 Å². The van der Waals surface area contributed by atoms with Crippen LogP contribution in [0.4, 0.5) is 5.95 Å². The Hall–Kier alpha value is -3.79. The highest BCUT2D eigenvalue weighted by Crippen LogP contribution is 2.34. The smallest absolute Gasteiger partial charge is 0.225 e. The zero-order chi connectivity index (χ0) is 21.8. The number of nitrogens with two attached hydrogens (primary N) is 1. The highest BCUT2D eigenvalue weighted by atomic mass is 16.5. The van der Waals surface area contributed by atoms with Crippen molar-refractivity contribution in [1.82, 2.24) is 34.6 Å². The summed E-state index contributed by atoms with van der Waals surface area (Å²) in [7, 11) is 5.66. The van der Waals surface area contributed by atoms with Gasteiger partial charge in [0.05, 0.1) is 19.2 Å². The molecule has 0 fully saturated rings. The van der Waals surface area contributed by atoms with Crippen LogP contribution >= 0.6 is 0 Å². The van der Waals surface area contributed by atoms with Gasteiger partial charge in [0, 0.05) is 24.2 Å². The van der Waals surface area contributed by atoms with Gasteiger partial charge in [-0.3, -0.25) is 4.98 Å². The molecule has 2 N–H and O–H groups in total. The topological polar surface area (TPSA) is 117 Å². The number of fused-ring (bicyclic) bond motifs is 1. The van der Waals surface area contributed by atoms with E-state index in [1.54, 1.807) is 13.3 Å². The lowest BCUT2D eigenvalue weighted by atomic mass is 10.2. The number of nitrogen functional groups attached to an aromatic ring is 1. The van der Waals surface area contributed by atoms with Gasteiger partial charge in [-0.15, -0.1) is 5.10 Å². The van der Waals surface area contributed by atoms with E-state index in [0.29, 0.717) is 41.0 Å². The lowest BCUT2D eigenvalue weighted by Gasteiger charge is -2.14. The SMILES string of the molecule is COc1cc2ncnc(-n3nc(-c4ccccn4)nc3N)c2cc1OCCCN(C)C. The van der Waals surface area contributed by atoms with Crippen molar-refractivity contribution in [2.75, 3.05) is 40.1 Å². The maximum absolute atomic E-state index is 6.16. The molecule has 0 saturated heterocycles. The molecule has 31 heavy (non-hydrogen) atoms. The van der Waals surface area contributed by atoms with Crippen LogP contribution in [0.1, 0.15) is 6.42 Å². The number of nitrogens with zero attached hydrogens (tertiary/aromatic N) is 7. The van der Waals surface area contributed by atoms with E-state index in [9.17, 15) is 0 Å². The molecule has 160 valence electrons. The predicted octanol–water partition coefficient (Wildman–Crippen LogP) is 2.19. The Kier molecular flexibility index (Phi) is 5.89. The van der Waals surface area contributed by atoms with E-state index >= 15 is 0 Å². The standard InChI is InChI=1S/C21H24N8O2/c1-28(2)9-6-10-31-18-11-14-16(12-17(18)30-3)24-13-25-20(14)29-21(22)26-19(27-29)15-7-4-5-8-23-15/h4-5,7-8,11-13H,6,9-10H2,1-3H3,(H2,22,26,27). The largest absolute Gasteiger partial charge is 0.493 e. The van der Waals surface area contributed by atoms with E-state index in [2.05, 4.69) is 29.9 Å². The number of benzene rings is 1. The molecule has 4 rings (SSSR count). The molecule has 3 heterocycles. The van der Waals surface area contributed by atoms with Gasteiger partial charge in [0.1, 0.15) is 12.0 Å². The Morgan fingerprint density at radius 1 is 1.10 bits per heavy atom. The van der Waals surface area contributed by atoms with E-state index in [4.69, 9.17) is 15.2 Å². The van der Waals surface area contributed by atoms with Crippen LogP contribution in [0.2, 0.25) is 0 Å². The summed E-state index contributed by atoms with van der Waals surface area (Å²) in [6, 6.07) is 9.18. The summed E-state index contributed by atoms with van der Waals surface area (Å²) in [5.41, 5.74) is 7.46. The zero-order valence-corrected chi connectivity index (χ0v) is 17.7. The van der Waals surface area contributed by atoms with Crippen LogP contribution in [0.3, 0.4) is 0 Å². The van der Waals surface area contributed by atoms with Crippen molar-refractivity contribution in [2.24, 2.45) is 0 Å². The molecule has 0 aliphatic carbocycles. The van der Waals surface area contributed by atoms with E-state index in [-0.39, 0.29) is 5.95 Å². The van der Waals surface area contributed by atoms with E-state index < -0.39 is 0 Å². The summed E-state index contributed by atoms with van der Waals surface area (Å²) in [6.45, 7) is 1.48. The van der Waals surface area contributed by atoms with Crippen molar-refractivity contribution in [3.63, 3.8) is 0 Å². The molecule has 10 heteroatoms. The minimum atomic E-state index is 0.199. The minimum Gasteiger partial charge on any atom is -0.493 e. The molecule has 1 aromatic carbocycles. The molecule has 0 saturated carbocycles. The molecule has 0 bridgehead atoms. The number of hydrogen-bond acceptors (Lipinski definition) is 9. The van der Waals surface area contributed by atoms with Crippen LogP contribution in [0, 0.1) is 0 Å². The molecule has 4 aromatic rings. The molecule has 0 amide bonds. The van der Waals surface area contributed by atoms with Gasteiger partial charge in [0.2, 0.25) is 11.8 Å². The molecule has 0 spiro atoms. The van der Waals surface area contributed by atoms with Gasteiger partial charge < -0.3 is 20.1 Å². The first-order valence-corrected chi connectivity index (χ1v) is 9.81. The molecule has 0 aliphatic heterocycles. The van der Waals surface area contributed by atoms with Gasteiger partial charge in [0.15, 0.2) is 17.3 Å². The molecule has 10 nitrogen and oxygen atoms in total. The maximum Gasteiger partial charge on any atom is 0.225 e. The lowest BCUT2D eigenvalue weighted by Crippen LogP contribution is -2.15. The zero-order valence-electron chi connectivity index (χ0n) is 17.7. The summed E-state index contributed by atoms with van der Waals surface area (Å²) in [5.74, 6) is 2.32. The van der Waals surface area contributed by atoms with Crippen LogP contribution in [0.25, 0.3) is 28.2 Å². The van der Waals surface area contributed by atoms with Gasteiger partial charge in [0.25, 0.3) is 0 Å². The fourth-order valence-corrected chi connectivity index (χ4v) is 3.14. The normalized spacial score (nSPS) is 11.2. The van der Waals surface area contributed by atoms with Crippen molar-refractivity contribution in [3.05, 3.63) is 42.9 Å². The van der Waals surface area contributed by atoms with Gasteiger partial charge >= 0.3 is 0 Å². The number of ether oxygens (including phenoxy) is 2. The summed E-state index contributed by atoms with van der Waals surface area (Å²) in [6.07, 6.45) is 4.02. The highest BCUT2D eigenvalue weighted by molar-refractivity contribution is 5.88. The fourth-order valence-electron chi connectivity index (χ4n) is 3.14. The maximum atomic E-state index is 6.16. The first kappa shape index (κ1) is 20.5. The number of aromatic nitrogens is 6. The Bertz CT molecular complexity index is 1180. The number of pyridine rings is 1. The predicted molar refractivity (Wildman–Crippen MR) is 117 cm³/mol. The molecule has 3 aromatic heterocycles. The molecule has 0 radical (unpaired) electrons. The Morgan fingerprint density at radius 3 is 2.71 bits per heavy atom. The average molecular weight is 420 g/mol. The van der Waals surface area contributed by atoms with Crippen LogP contribution in [0.5, 0.6) is 11.5 Å². The van der Waals surface area contributed by atoms with Gasteiger partial charge in [-0.2, -0.15) is 9.67 Å². The second-order valence-corrected chi connectivity index (χ2v) is 7.14. The van der Waals surface area contributed by atoms with Crippen LogP contribution in [-0.4, -0.2) is 69.0 Å². The summed E-state index contributed by atoms with van der Waals surface area (Å²) < 4.78 is 13.0. The third kappa shape index (κ3) is 4.38. The average Bonchev–Trinajstić information content (AvgIpc) is 3.17. The third-order valence-electron chi connectivity index (χ3n) is 4.63. The Labute approximate surface area is 179 Å². The summed E-state index contributed by atoms with van der Waals surface area (Å²) in [4.78, 5) is 19.5. The van der Waals surface area contributed by atoms with E-state index in [1.807, 2.05) is 44.4 Å². The van der Waals surface area contributed by atoms with Crippen molar-refractivity contribution in [2.45, 2.75) is 6.42 Å². The van der Waals surface area contributed by atoms with Crippen LogP contribution < -0.4 is 15.2 Å². The van der Waals surface area contributed by atoms with Gasteiger partial charge in [-0.25, -0.2) is 9.97 Å². The van der Waals surface area contributed by atoms with Crippen LogP contribution in [0.15, 0.2) is 42.9 Å². The van der Waals surface area contributed by atoms with Gasteiger partial charge in [-0.1, -0.05) is 6.07 Å². The second-order valence-electron chi connectivity index (χ2n) is 7.14. The fraction of sp³-hybridized carbons (Fsp3) is 0.286. The van der Waals surface area contributed by atoms with Crippen molar-refractivity contribution in [1.29, 1.82) is 0 Å². The first-order chi connectivity index (χ1) is 15.1. The van der Waals surface area contributed by atoms with Crippen molar-refractivity contribution < 1.29 is 9.47 Å². The number of hydrogen-bond donors (Lipinski definition) is 1. The molecule has 0 unspecified atom stereocenters. The molecule has 0 aliphatic rings. The Morgan fingerprint density at radius 2 is 1.97 bits per heavy atom. The lowest BCUT2D eigenvalue weighted by molar-refractivity contribution is 0.268. The number of anilines is 1. The van der Waals surface area contributed by atoms with E-state index in [1.165, 1.54) is 11.0 Å². The molecule has 0 atom stereocenters. The second kappa shape index (κ2) is 8.92. The summed E-state index contributed by atoms with van der Waals surface area (Å²) >= 11 is 0. The first-order valence-electron chi connectivity index (χ1n) is 9.81. The summed E-state index contributed by atoms with van der Waals surface area (Å²) in [5, 5.41) is 5.24. The van der Waals surface area contributed by atoms with Gasteiger partial charge in [-0.05, 0) is 38.7 Å². The minimum absolute atomic E-state index is 0.199. The monoisotopic (exact) mass is 420 g/mol.